The molecule has 0 saturated heterocycles. The highest BCUT2D eigenvalue weighted by molar-refractivity contribution is 4.57. The van der Waals surface area contributed by atoms with Crippen molar-refractivity contribution in [2.45, 2.75) is 58.0 Å². The quantitative estimate of drug-likeness (QED) is 0.507. The first kappa shape index (κ1) is 12.0. The third-order valence-electron chi connectivity index (χ3n) is 2.22. The van der Waals surface area contributed by atoms with Gasteiger partial charge in [0.15, 0.2) is 0 Å². The number of hydrogen-bond donors (Lipinski definition) is 0. The van der Waals surface area contributed by atoms with Crippen LogP contribution in [0, 0.1) is 6.92 Å². The molecule has 0 rings (SSSR count). The average Bonchev–Trinajstić information content (AvgIpc) is 2.10. The summed E-state index contributed by atoms with van der Waals surface area (Å²) in [6, 6.07) is 0. The summed E-state index contributed by atoms with van der Waals surface area (Å²) in [5, 5.41) is 0. The van der Waals surface area contributed by atoms with Crippen LogP contribution in [-0.2, 0) is 4.74 Å². The predicted molar refractivity (Wildman–Crippen MR) is 54.1 cm³/mol. The molecule has 0 aromatic heterocycles. The fourth-order valence-electron chi connectivity index (χ4n) is 1.43. The Kier molecular flexibility index (Phi) is 9.02. The van der Waals surface area contributed by atoms with E-state index in [0.717, 1.165) is 6.42 Å². The van der Waals surface area contributed by atoms with Crippen molar-refractivity contribution in [1.82, 2.24) is 0 Å². The van der Waals surface area contributed by atoms with Gasteiger partial charge in [-0.05, 0) is 12.8 Å². The van der Waals surface area contributed by atoms with Crippen molar-refractivity contribution in [3.63, 3.8) is 0 Å². The Balaban J connectivity index is 3.19. The number of methoxy groups -OCH3 is 1. The van der Waals surface area contributed by atoms with Crippen LogP contribution in [0.4, 0.5) is 0 Å². The van der Waals surface area contributed by atoms with Gasteiger partial charge in [0, 0.05) is 7.11 Å². The van der Waals surface area contributed by atoms with Crippen molar-refractivity contribution < 1.29 is 4.74 Å². The van der Waals surface area contributed by atoms with Crippen molar-refractivity contribution in [1.29, 1.82) is 0 Å². The summed E-state index contributed by atoms with van der Waals surface area (Å²) < 4.78 is 5.36. The lowest BCUT2D eigenvalue weighted by Crippen LogP contribution is -2.09. The molecule has 0 fully saturated rings. The summed E-state index contributed by atoms with van der Waals surface area (Å²) in [5.74, 6) is 0. The fourth-order valence-corrected chi connectivity index (χ4v) is 1.43. The normalized spacial score (nSPS) is 13.2. The van der Waals surface area contributed by atoms with Crippen LogP contribution in [0.25, 0.3) is 0 Å². The molecular formula is C11H23O. The van der Waals surface area contributed by atoms with Gasteiger partial charge in [-0.2, -0.15) is 0 Å². The Hall–Kier alpha value is -0.0400. The second-order valence-electron chi connectivity index (χ2n) is 3.35. The molecule has 0 N–H and O–H groups in total. The van der Waals surface area contributed by atoms with Crippen LogP contribution in [-0.4, -0.2) is 13.2 Å². The molecule has 1 nitrogen and oxygen atoms in total. The second-order valence-corrected chi connectivity index (χ2v) is 3.35. The summed E-state index contributed by atoms with van der Waals surface area (Å²) in [7, 11) is 1.82. The van der Waals surface area contributed by atoms with Crippen LogP contribution in [0.15, 0.2) is 0 Å². The lowest BCUT2D eigenvalue weighted by atomic mass is 10.1. The minimum atomic E-state index is 0.500. The molecule has 1 atom stereocenters. The molecular weight excluding hydrogens is 148 g/mol. The van der Waals surface area contributed by atoms with Crippen molar-refractivity contribution in [2.75, 3.05) is 7.11 Å². The van der Waals surface area contributed by atoms with E-state index >= 15 is 0 Å². The lowest BCUT2D eigenvalue weighted by molar-refractivity contribution is 0.0850. The van der Waals surface area contributed by atoms with Gasteiger partial charge in [-0.25, -0.2) is 0 Å². The number of hydrogen-bond acceptors (Lipinski definition) is 1. The van der Waals surface area contributed by atoms with Crippen LogP contribution < -0.4 is 0 Å². The van der Waals surface area contributed by atoms with Gasteiger partial charge in [-0.3, -0.25) is 0 Å². The van der Waals surface area contributed by atoms with Crippen LogP contribution >= 0.6 is 0 Å². The van der Waals surface area contributed by atoms with Crippen LogP contribution in [0.5, 0.6) is 0 Å². The third kappa shape index (κ3) is 6.66. The second kappa shape index (κ2) is 9.05. The largest absolute Gasteiger partial charge is 0.381 e. The summed E-state index contributed by atoms with van der Waals surface area (Å²) in [4.78, 5) is 0. The zero-order valence-electron chi connectivity index (χ0n) is 8.64. The van der Waals surface area contributed by atoms with E-state index in [9.17, 15) is 0 Å². The van der Waals surface area contributed by atoms with Gasteiger partial charge in [0.2, 0.25) is 0 Å². The molecule has 0 aromatic carbocycles. The molecule has 0 aliphatic carbocycles. The van der Waals surface area contributed by atoms with Crippen molar-refractivity contribution in [3.05, 3.63) is 6.92 Å². The van der Waals surface area contributed by atoms with E-state index in [-0.39, 0.29) is 0 Å². The molecule has 0 aliphatic heterocycles. The molecule has 0 saturated carbocycles. The summed E-state index contributed by atoms with van der Waals surface area (Å²) in [5.41, 5.74) is 0. The molecule has 73 valence electrons. The maximum Gasteiger partial charge on any atom is 0.0571 e. The molecule has 0 bridgehead atoms. The van der Waals surface area contributed by atoms with Crippen LogP contribution in [0.2, 0.25) is 0 Å². The molecule has 0 spiro atoms. The smallest absolute Gasteiger partial charge is 0.0571 e. The molecule has 0 heterocycles. The van der Waals surface area contributed by atoms with E-state index in [1.807, 2.05) is 7.11 Å². The number of rotatable bonds is 8. The Labute approximate surface area is 77.5 Å². The van der Waals surface area contributed by atoms with Gasteiger partial charge < -0.3 is 4.74 Å². The first-order chi connectivity index (χ1) is 5.85. The highest BCUT2D eigenvalue weighted by atomic mass is 16.5. The number of ether oxygens (including phenoxy) is 1. The molecule has 0 aromatic rings. The van der Waals surface area contributed by atoms with Gasteiger partial charge in [-0.15, -0.1) is 0 Å². The molecule has 1 unspecified atom stereocenters. The van der Waals surface area contributed by atoms with E-state index in [1.54, 1.807) is 0 Å². The summed E-state index contributed by atoms with van der Waals surface area (Å²) in [6.07, 6.45) is 9.12. The lowest BCUT2D eigenvalue weighted by Gasteiger charge is -2.13. The van der Waals surface area contributed by atoms with E-state index in [0.29, 0.717) is 6.10 Å². The van der Waals surface area contributed by atoms with Crippen LogP contribution in [0.3, 0.4) is 0 Å². The summed E-state index contributed by atoms with van der Waals surface area (Å²) >= 11 is 0. The van der Waals surface area contributed by atoms with E-state index in [2.05, 4.69) is 13.8 Å². The first-order valence-corrected chi connectivity index (χ1v) is 5.17. The molecule has 12 heavy (non-hydrogen) atoms. The molecule has 1 radical (unpaired) electrons. The Morgan fingerprint density at radius 2 is 1.92 bits per heavy atom. The van der Waals surface area contributed by atoms with Gasteiger partial charge in [0.05, 0.1) is 6.10 Å². The maximum atomic E-state index is 5.36. The van der Waals surface area contributed by atoms with Gasteiger partial charge in [0.1, 0.15) is 0 Å². The third-order valence-corrected chi connectivity index (χ3v) is 2.22. The van der Waals surface area contributed by atoms with Gasteiger partial charge in [0.25, 0.3) is 0 Å². The zero-order valence-corrected chi connectivity index (χ0v) is 8.64. The monoisotopic (exact) mass is 171 g/mol. The number of unbranched alkanes of at least 4 members (excludes halogenated alkanes) is 3. The topological polar surface area (TPSA) is 9.23 Å². The highest BCUT2D eigenvalue weighted by Crippen LogP contribution is 2.11. The van der Waals surface area contributed by atoms with Crippen molar-refractivity contribution in [3.8, 4) is 0 Å². The van der Waals surface area contributed by atoms with Crippen molar-refractivity contribution in [2.24, 2.45) is 0 Å². The maximum absolute atomic E-state index is 5.36. The predicted octanol–water partition coefficient (Wildman–Crippen LogP) is 3.59. The van der Waals surface area contributed by atoms with Crippen LogP contribution in [0.1, 0.15) is 51.9 Å². The van der Waals surface area contributed by atoms with Crippen molar-refractivity contribution >= 4 is 0 Å². The standard InChI is InChI=1S/C11H23O/c1-4-6-7-8-10-11(12-3)9-5-2/h11H,1,4-10H2,2-3H3. The Bertz CT molecular complexity index is 81.1. The van der Waals surface area contributed by atoms with E-state index in [4.69, 9.17) is 4.74 Å². The molecule has 1 heteroatoms. The minimum absolute atomic E-state index is 0.500. The minimum Gasteiger partial charge on any atom is -0.381 e. The zero-order chi connectivity index (χ0) is 9.23. The van der Waals surface area contributed by atoms with E-state index in [1.165, 1.54) is 38.5 Å². The van der Waals surface area contributed by atoms with Gasteiger partial charge in [-0.1, -0.05) is 46.0 Å². The fraction of sp³-hybridized carbons (Fsp3) is 0.909. The highest BCUT2D eigenvalue weighted by Gasteiger charge is 2.04. The molecule has 0 aliphatic rings. The van der Waals surface area contributed by atoms with Gasteiger partial charge >= 0.3 is 0 Å². The summed E-state index contributed by atoms with van der Waals surface area (Å²) in [6.45, 7) is 6.04. The Morgan fingerprint density at radius 3 is 2.42 bits per heavy atom. The Morgan fingerprint density at radius 1 is 1.17 bits per heavy atom. The average molecular weight is 171 g/mol. The SMILES string of the molecule is [CH2]CCCCCC(CCC)OC. The van der Waals surface area contributed by atoms with E-state index < -0.39 is 0 Å². The molecule has 0 amide bonds. The first-order valence-electron chi connectivity index (χ1n) is 5.17.